The zero-order valence-corrected chi connectivity index (χ0v) is 47.0. The van der Waals surface area contributed by atoms with Crippen molar-refractivity contribution < 1.29 is 0 Å². The Kier molecular flexibility index (Phi) is 18.1. The topological polar surface area (TPSA) is 0 Å². The SMILES string of the molecule is CCc1c2sc(c1CC)/C=C/c1sc(c(CC)c1CC)/C=C\c1sc(c(CC)c1CC)/C=C/c1sc(c(CC)c1CC)CCc1sc(c(CC)c1CC)/C=C/c1sc(c(CC)c1CC)C=C2. The van der Waals surface area contributed by atoms with Gasteiger partial charge in [0.2, 0.25) is 0 Å². The molecular weight excluding hydrogens is 913 g/mol. The highest BCUT2D eigenvalue weighted by molar-refractivity contribution is 7.16. The lowest BCUT2D eigenvalue weighted by Crippen LogP contribution is -1.97. The Balaban J connectivity index is 1.40. The van der Waals surface area contributed by atoms with Gasteiger partial charge in [0.15, 0.2) is 0 Å². The molecule has 0 nitrogen and oxygen atoms in total. The monoisotopic (exact) mass is 986 g/mol. The first-order valence-corrected chi connectivity index (χ1v) is 30.3. The first-order valence-electron chi connectivity index (χ1n) is 25.4. The largest absolute Gasteiger partial charge is 0.140 e. The third-order valence-corrected chi connectivity index (χ3v) is 21.3. The predicted molar refractivity (Wildman–Crippen MR) is 310 cm³/mol. The minimum atomic E-state index is 1.05. The minimum absolute atomic E-state index is 1.05. The number of fused-ring (bicyclic) bond motifs is 12. The fourth-order valence-corrected chi connectivity index (χ4v) is 18.7. The van der Waals surface area contributed by atoms with Crippen molar-refractivity contribution in [2.24, 2.45) is 0 Å². The molecule has 0 aliphatic carbocycles. The predicted octanol–water partition coefficient (Wildman–Crippen LogP) is 19.8. The molecule has 6 aromatic rings. The maximum absolute atomic E-state index is 2.48. The fourth-order valence-electron chi connectivity index (χ4n) is 10.7. The van der Waals surface area contributed by atoms with Gasteiger partial charge < -0.3 is 0 Å². The van der Waals surface area contributed by atoms with E-state index in [1.165, 1.54) is 93.3 Å². The molecule has 0 spiro atoms. The number of aryl methyl sites for hydroxylation is 2. The zero-order chi connectivity index (χ0) is 47.1. The van der Waals surface area contributed by atoms with E-state index in [2.05, 4.69) is 167 Å². The summed E-state index contributed by atoms with van der Waals surface area (Å²) >= 11 is 12.1. The van der Waals surface area contributed by atoms with E-state index in [9.17, 15) is 0 Å². The average molecular weight is 988 g/mol. The van der Waals surface area contributed by atoms with Crippen LogP contribution in [-0.2, 0) is 89.9 Å². The standard InChI is InChI=1S/C60H74S6/c1-13-37-38(14-2)50-27-28-52-41(17-5)42(18-6)54(63-52)31-32-56-45(21-9)46(22-10)58(65-56)35-36-60-48(24-12)47(23-11)59(66-60)34-33-57-44(20-8)43(19-7)55(64-57)30-29-53-40(16-4)39(15-3)51(62-53)26-25-49(37)61-50/h25-34H,13-24,35-36H2,1-12H3/b26-25+,28-27-,30-29?,32-31+,34-33+. The maximum Gasteiger partial charge on any atom is 0.0311 e. The molecule has 0 N–H and O–H groups in total. The maximum atomic E-state index is 2.48. The Hall–Kier alpha value is -3.10. The van der Waals surface area contributed by atoms with Crippen LogP contribution >= 0.6 is 68.0 Å². The molecule has 1 aliphatic heterocycles. The molecule has 0 fully saturated rings. The van der Waals surface area contributed by atoms with Gasteiger partial charge >= 0.3 is 0 Å². The average Bonchev–Trinajstić information content (AvgIpc) is 4.18. The number of hydrogen-bond donors (Lipinski definition) is 0. The second kappa shape index (κ2) is 23.5. The van der Waals surface area contributed by atoms with Gasteiger partial charge in [-0.05, 0) is 217 Å². The molecule has 0 saturated carbocycles. The van der Waals surface area contributed by atoms with E-state index in [1.54, 1.807) is 32.0 Å². The Morgan fingerprint density at radius 2 is 0.348 bits per heavy atom. The van der Waals surface area contributed by atoms with Crippen LogP contribution in [0.25, 0.3) is 60.8 Å². The van der Waals surface area contributed by atoms with Crippen LogP contribution in [0.5, 0.6) is 0 Å². The van der Waals surface area contributed by atoms with Gasteiger partial charge in [-0.25, -0.2) is 0 Å². The highest BCUT2D eigenvalue weighted by Crippen LogP contribution is 2.41. The van der Waals surface area contributed by atoms with Gasteiger partial charge in [0, 0.05) is 58.5 Å². The highest BCUT2D eigenvalue weighted by Gasteiger charge is 2.21. The lowest BCUT2D eigenvalue weighted by atomic mass is 9.98. The van der Waals surface area contributed by atoms with Crippen LogP contribution in [0, 0.1) is 0 Å². The van der Waals surface area contributed by atoms with E-state index in [0.717, 1.165) is 89.9 Å². The molecule has 6 aromatic heterocycles. The van der Waals surface area contributed by atoms with Crippen molar-refractivity contribution in [3.63, 3.8) is 0 Å². The van der Waals surface area contributed by atoms with E-state index < -0.39 is 0 Å². The Bertz CT molecular complexity index is 2590. The first kappa shape index (κ1) is 50.8. The van der Waals surface area contributed by atoms with Crippen LogP contribution in [0.4, 0.5) is 0 Å². The number of hydrogen-bond acceptors (Lipinski definition) is 6. The summed E-state index contributed by atoms with van der Waals surface area (Å²) in [5, 5.41) is 0. The highest BCUT2D eigenvalue weighted by atomic mass is 32.1. The van der Waals surface area contributed by atoms with Crippen molar-refractivity contribution in [2.75, 3.05) is 0 Å². The Labute approximate surface area is 423 Å². The minimum Gasteiger partial charge on any atom is -0.140 e. The Morgan fingerprint density at radius 3 is 0.500 bits per heavy atom. The summed E-state index contributed by atoms with van der Waals surface area (Å²) in [7, 11) is 0. The number of rotatable bonds is 12. The summed E-state index contributed by atoms with van der Waals surface area (Å²) in [4.78, 5) is 17.5. The fraction of sp³-hybridized carbons (Fsp3) is 0.433. The van der Waals surface area contributed by atoms with Crippen LogP contribution in [0.15, 0.2) is 0 Å². The Morgan fingerprint density at radius 1 is 0.212 bits per heavy atom. The van der Waals surface area contributed by atoms with E-state index in [0.29, 0.717) is 0 Å². The van der Waals surface area contributed by atoms with E-state index in [4.69, 9.17) is 0 Å². The molecule has 0 saturated heterocycles. The van der Waals surface area contributed by atoms with Crippen molar-refractivity contribution in [1.82, 2.24) is 0 Å². The molecule has 7 heterocycles. The van der Waals surface area contributed by atoms with Gasteiger partial charge in [0.05, 0.1) is 0 Å². The molecule has 0 radical (unpaired) electrons. The lowest BCUT2D eigenvalue weighted by molar-refractivity contribution is 0.931. The molecule has 1 aliphatic rings. The molecule has 12 bridgehead atoms. The van der Waals surface area contributed by atoms with E-state index in [-0.39, 0.29) is 0 Å². The summed E-state index contributed by atoms with van der Waals surface area (Å²) in [6.45, 7) is 28.2. The smallest absolute Gasteiger partial charge is 0.0311 e. The molecule has 0 aromatic carbocycles. The lowest BCUT2D eigenvalue weighted by Gasteiger charge is -2.06. The zero-order valence-electron chi connectivity index (χ0n) is 42.1. The van der Waals surface area contributed by atoms with Gasteiger partial charge in [-0.2, -0.15) is 0 Å². The van der Waals surface area contributed by atoms with Crippen molar-refractivity contribution in [3.8, 4) is 0 Å². The quantitative estimate of drug-likeness (QED) is 0.115. The van der Waals surface area contributed by atoms with Crippen molar-refractivity contribution in [1.29, 1.82) is 0 Å². The molecule has 0 unspecified atom stereocenters. The van der Waals surface area contributed by atoms with Gasteiger partial charge in [-0.1, -0.05) is 83.1 Å². The molecule has 0 amide bonds. The normalized spacial score (nSPS) is 15.1. The van der Waals surface area contributed by atoms with Crippen molar-refractivity contribution >= 4 is 129 Å². The molecule has 7 rings (SSSR count). The molecule has 350 valence electrons. The van der Waals surface area contributed by atoms with Gasteiger partial charge in [0.25, 0.3) is 0 Å². The summed E-state index contributed by atoms with van der Waals surface area (Å²) in [6.07, 6.45) is 39.7. The van der Waals surface area contributed by atoms with Crippen LogP contribution in [0.3, 0.4) is 0 Å². The summed E-state index contributed by atoms with van der Waals surface area (Å²) in [5.41, 5.74) is 18.5. The molecule has 0 atom stereocenters. The van der Waals surface area contributed by atoms with Crippen LogP contribution in [-0.4, -0.2) is 0 Å². The van der Waals surface area contributed by atoms with Crippen molar-refractivity contribution in [2.45, 2.75) is 173 Å². The van der Waals surface area contributed by atoms with E-state index in [1.807, 2.05) is 45.3 Å². The summed E-state index contributed by atoms with van der Waals surface area (Å²) < 4.78 is 0. The molecule has 6 heteroatoms. The third kappa shape index (κ3) is 10.1. The second-order valence-electron chi connectivity index (χ2n) is 17.3. The molecule has 66 heavy (non-hydrogen) atoms. The third-order valence-electron chi connectivity index (χ3n) is 13.9. The first-order chi connectivity index (χ1) is 32.2. The van der Waals surface area contributed by atoms with Gasteiger partial charge in [-0.3, -0.25) is 0 Å². The van der Waals surface area contributed by atoms with Gasteiger partial charge in [0.1, 0.15) is 0 Å². The summed E-state index contributed by atoms with van der Waals surface area (Å²) in [5.74, 6) is 0. The molecular formula is C60H74S6. The van der Waals surface area contributed by atoms with Crippen LogP contribution in [0.1, 0.15) is 208 Å². The van der Waals surface area contributed by atoms with E-state index >= 15 is 0 Å². The summed E-state index contributed by atoms with van der Waals surface area (Å²) in [6, 6.07) is 0. The van der Waals surface area contributed by atoms with Crippen molar-refractivity contribution in [3.05, 3.63) is 125 Å². The second-order valence-corrected chi connectivity index (χ2v) is 23.9. The van der Waals surface area contributed by atoms with Crippen LogP contribution in [0.2, 0.25) is 0 Å². The van der Waals surface area contributed by atoms with Gasteiger partial charge in [-0.15, -0.1) is 68.0 Å². The number of thiophene rings is 6. The van der Waals surface area contributed by atoms with Crippen LogP contribution < -0.4 is 0 Å².